The Labute approximate surface area is 129 Å². The van der Waals surface area contributed by atoms with E-state index in [4.69, 9.17) is 27.9 Å². The minimum Gasteiger partial charge on any atom is -0.383 e. The zero-order valence-corrected chi connectivity index (χ0v) is 13.3. The van der Waals surface area contributed by atoms with Gasteiger partial charge in [0, 0.05) is 26.7 Å². The highest BCUT2D eigenvalue weighted by Gasteiger charge is 2.13. The molecule has 0 radical (unpaired) electrons. The largest absolute Gasteiger partial charge is 0.383 e. The van der Waals surface area contributed by atoms with Crippen LogP contribution in [0.2, 0.25) is 5.02 Å². The van der Waals surface area contributed by atoms with Crippen LogP contribution in [0.25, 0.3) is 11.0 Å². The summed E-state index contributed by atoms with van der Waals surface area (Å²) in [5.74, 6) is 1.24. The molecule has 1 heterocycles. The van der Waals surface area contributed by atoms with Crippen LogP contribution in [0.1, 0.15) is 5.82 Å². The first-order valence-corrected chi connectivity index (χ1v) is 7.45. The van der Waals surface area contributed by atoms with E-state index < -0.39 is 0 Å². The number of hydrogen-bond donors (Lipinski definition) is 0. The number of nitrogens with zero attached hydrogens (tertiary/aromatic N) is 3. The van der Waals surface area contributed by atoms with Gasteiger partial charge in [-0.2, -0.15) is 0 Å². The van der Waals surface area contributed by atoms with Gasteiger partial charge >= 0.3 is 0 Å². The molecule has 1 aromatic carbocycles. The summed E-state index contributed by atoms with van der Waals surface area (Å²) in [5.41, 5.74) is 1.86. The SMILES string of the molecule is COCCN(C)CCn1c(CCl)nc2cccc(Cl)c21. The van der Waals surface area contributed by atoms with Crippen molar-refractivity contribution in [1.82, 2.24) is 14.5 Å². The Morgan fingerprint density at radius 1 is 1.35 bits per heavy atom. The summed E-state index contributed by atoms with van der Waals surface area (Å²) in [5, 5.41) is 0.714. The fourth-order valence-electron chi connectivity index (χ4n) is 2.16. The molecule has 0 fully saturated rings. The van der Waals surface area contributed by atoms with E-state index in [1.54, 1.807) is 7.11 Å². The highest BCUT2D eigenvalue weighted by molar-refractivity contribution is 6.35. The van der Waals surface area contributed by atoms with Crippen LogP contribution < -0.4 is 0 Å². The van der Waals surface area contributed by atoms with Crippen molar-refractivity contribution in [3.8, 4) is 0 Å². The lowest BCUT2D eigenvalue weighted by atomic mass is 10.3. The molecule has 0 aliphatic rings. The van der Waals surface area contributed by atoms with Gasteiger partial charge in [0.2, 0.25) is 0 Å². The summed E-state index contributed by atoms with van der Waals surface area (Å²) in [4.78, 5) is 6.75. The van der Waals surface area contributed by atoms with Crippen LogP contribution in [-0.4, -0.2) is 48.3 Å². The molecule has 110 valence electrons. The summed E-state index contributed by atoms with van der Waals surface area (Å²) in [6.07, 6.45) is 0. The Bertz CT molecular complexity index is 571. The average molecular weight is 316 g/mol. The van der Waals surface area contributed by atoms with Crippen molar-refractivity contribution >= 4 is 34.2 Å². The van der Waals surface area contributed by atoms with Crippen molar-refractivity contribution in [3.63, 3.8) is 0 Å². The molecule has 1 aromatic heterocycles. The molecule has 0 bridgehead atoms. The first kappa shape index (κ1) is 15.6. The minimum atomic E-state index is 0.382. The van der Waals surface area contributed by atoms with E-state index in [9.17, 15) is 0 Å². The smallest absolute Gasteiger partial charge is 0.124 e. The number of rotatable bonds is 7. The molecule has 20 heavy (non-hydrogen) atoms. The predicted octanol–water partition coefficient (Wildman–Crippen LogP) is 3.01. The highest BCUT2D eigenvalue weighted by atomic mass is 35.5. The van der Waals surface area contributed by atoms with Crippen molar-refractivity contribution < 1.29 is 4.74 Å². The number of likely N-dealkylation sites (N-methyl/N-ethyl adjacent to an activating group) is 1. The molecule has 0 spiro atoms. The van der Waals surface area contributed by atoms with Gasteiger partial charge < -0.3 is 14.2 Å². The molecule has 0 atom stereocenters. The topological polar surface area (TPSA) is 30.3 Å². The Morgan fingerprint density at radius 2 is 2.15 bits per heavy atom. The summed E-state index contributed by atoms with van der Waals surface area (Å²) < 4.78 is 7.19. The third kappa shape index (κ3) is 3.44. The second-order valence-electron chi connectivity index (χ2n) is 4.72. The van der Waals surface area contributed by atoms with Crippen molar-refractivity contribution in [1.29, 1.82) is 0 Å². The number of methoxy groups -OCH3 is 1. The van der Waals surface area contributed by atoms with E-state index in [-0.39, 0.29) is 0 Å². The molecule has 4 nitrogen and oxygen atoms in total. The molecule has 0 amide bonds. The number of para-hydroxylation sites is 1. The van der Waals surface area contributed by atoms with E-state index in [2.05, 4.69) is 21.5 Å². The second-order valence-corrected chi connectivity index (χ2v) is 5.39. The first-order chi connectivity index (χ1) is 9.67. The third-order valence-corrected chi connectivity index (χ3v) is 3.84. The van der Waals surface area contributed by atoms with Crippen LogP contribution in [-0.2, 0) is 17.2 Å². The number of alkyl halides is 1. The average Bonchev–Trinajstić information content (AvgIpc) is 2.82. The molecule has 0 unspecified atom stereocenters. The van der Waals surface area contributed by atoms with Gasteiger partial charge in [-0.15, -0.1) is 11.6 Å². The first-order valence-electron chi connectivity index (χ1n) is 6.54. The number of imidazole rings is 1. The Hall–Kier alpha value is -0.810. The fraction of sp³-hybridized carbons (Fsp3) is 0.500. The Kier molecular flexibility index (Phi) is 5.66. The monoisotopic (exact) mass is 315 g/mol. The molecule has 0 saturated heterocycles. The highest BCUT2D eigenvalue weighted by Crippen LogP contribution is 2.25. The number of aromatic nitrogens is 2. The molecule has 2 aromatic rings. The van der Waals surface area contributed by atoms with Crippen LogP contribution in [0.3, 0.4) is 0 Å². The number of fused-ring (bicyclic) bond motifs is 1. The van der Waals surface area contributed by atoms with Gasteiger partial charge in [-0.05, 0) is 19.2 Å². The van der Waals surface area contributed by atoms with E-state index >= 15 is 0 Å². The predicted molar refractivity (Wildman–Crippen MR) is 83.7 cm³/mol. The van der Waals surface area contributed by atoms with E-state index in [1.165, 1.54) is 0 Å². The normalized spacial score (nSPS) is 11.7. The lowest BCUT2D eigenvalue weighted by molar-refractivity contribution is 0.159. The zero-order chi connectivity index (χ0) is 14.5. The molecular formula is C14H19Cl2N3O. The van der Waals surface area contributed by atoms with Crippen LogP contribution in [0.4, 0.5) is 0 Å². The second kappa shape index (κ2) is 7.27. The maximum Gasteiger partial charge on any atom is 0.124 e. The van der Waals surface area contributed by atoms with Crippen LogP contribution in [0.15, 0.2) is 18.2 Å². The molecule has 0 aliphatic carbocycles. The zero-order valence-electron chi connectivity index (χ0n) is 11.8. The van der Waals surface area contributed by atoms with Crippen molar-refractivity contribution in [2.75, 3.05) is 33.9 Å². The van der Waals surface area contributed by atoms with E-state index in [1.807, 2.05) is 18.2 Å². The van der Waals surface area contributed by atoms with E-state index in [0.717, 1.165) is 43.1 Å². The summed E-state index contributed by atoms with van der Waals surface area (Å²) >= 11 is 12.3. The summed E-state index contributed by atoms with van der Waals surface area (Å²) in [6, 6.07) is 5.75. The molecule has 0 saturated carbocycles. The van der Waals surface area contributed by atoms with Crippen LogP contribution in [0.5, 0.6) is 0 Å². The Morgan fingerprint density at radius 3 is 2.85 bits per heavy atom. The van der Waals surface area contributed by atoms with Crippen molar-refractivity contribution in [3.05, 3.63) is 29.0 Å². The van der Waals surface area contributed by atoms with E-state index in [0.29, 0.717) is 10.9 Å². The standard InChI is InChI=1S/C14H19Cl2N3O/c1-18(8-9-20-2)6-7-19-13(10-15)17-12-5-3-4-11(16)14(12)19/h3-5H,6-10H2,1-2H3. The molecular weight excluding hydrogens is 297 g/mol. The number of halogens is 2. The van der Waals surface area contributed by atoms with Gasteiger partial charge in [0.25, 0.3) is 0 Å². The van der Waals surface area contributed by atoms with Crippen molar-refractivity contribution in [2.45, 2.75) is 12.4 Å². The maximum absolute atomic E-state index is 6.29. The lowest BCUT2D eigenvalue weighted by Gasteiger charge is -2.17. The van der Waals surface area contributed by atoms with Gasteiger partial charge in [-0.1, -0.05) is 17.7 Å². The number of ether oxygens (including phenoxy) is 1. The van der Waals surface area contributed by atoms with Gasteiger partial charge in [-0.3, -0.25) is 0 Å². The van der Waals surface area contributed by atoms with Gasteiger partial charge in [-0.25, -0.2) is 4.98 Å². The maximum atomic E-state index is 6.29. The fourth-order valence-corrected chi connectivity index (χ4v) is 2.64. The van der Waals surface area contributed by atoms with Gasteiger partial charge in [0.05, 0.1) is 28.5 Å². The summed E-state index contributed by atoms with van der Waals surface area (Å²) in [6.45, 7) is 3.32. The molecule has 6 heteroatoms. The number of benzene rings is 1. The van der Waals surface area contributed by atoms with Crippen LogP contribution >= 0.6 is 23.2 Å². The van der Waals surface area contributed by atoms with Crippen molar-refractivity contribution in [2.24, 2.45) is 0 Å². The summed E-state index contributed by atoms with van der Waals surface area (Å²) in [7, 11) is 3.78. The number of hydrogen-bond acceptors (Lipinski definition) is 3. The van der Waals surface area contributed by atoms with Crippen LogP contribution in [0, 0.1) is 0 Å². The third-order valence-electron chi connectivity index (χ3n) is 3.30. The van der Waals surface area contributed by atoms with Gasteiger partial charge in [0.1, 0.15) is 5.82 Å². The molecule has 0 aliphatic heterocycles. The Balaban J connectivity index is 2.19. The quantitative estimate of drug-likeness (QED) is 0.736. The van der Waals surface area contributed by atoms with Gasteiger partial charge in [0.15, 0.2) is 0 Å². The minimum absolute atomic E-state index is 0.382. The molecule has 0 N–H and O–H groups in total. The lowest BCUT2D eigenvalue weighted by Crippen LogP contribution is -2.27. The molecule has 2 rings (SSSR count).